The molecule has 0 saturated carbocycles. The van der Waals surface area contributed by atoms with Gasteiger partial charge >= 0.3 is 17.9 Å². The molecule has 0 aromatic heterocycles. The first-order chi connectivity index (χ1) is 8.67. The Morgan fingerprint density at radius 1 is 1.11 bits per heavy atom. The standard InChI is InChI=1S/C13H20O6/c1-9(2)13(3,4)12(17)19-8-7-18-11(16)6-5-10(14)15/h5-6,9H,7-8H2,1-4H3,(H,14,15)/b6-5+. The van der Waals surface area contributed by atoms with Gasteiger partial charge < -0.3 is 14.6 Å². The predicted octanol–water partition coefficient (Wildman–Crippen LogP) is 1.40. The molecule has 0 aromatic carbocycles. The van der Waals surface area contributed by atoms with Gasteiger partial charge in [-0.3, -0.25) is 4.79 Å². The minimum absolute atomic E-state index is 0.0539. The average molecular weight is 272 g/mol. The molecule has 1 N–H and O–H groups in total. The first-order valence-electron chi connectivity index (χ1n) is 5.93. The molecule has 108 valence electrons. The molecule has 0 unspecified atom stereocenters. The molecule has 0 atom stereocenters. The van der Waals surface area contributed by atoms with Crippen molar-refractivity contribution in [2.24, 2.45) is 11.3 Å². The van der Waals surface area contributed by atoms with E-state index in [1.807, 2.05) is 13.8 Å². The number of carboxylic acid groups (broad SMARTS) is 1. The zero-order chi connectivity index (χ0) is 15.1. The van der Waals surface area contributed by atoms with Crippen molar-refractivity contribution in [3.63, 3.8) is 0 Å². The van der Waals surface area contributed by atoms with Crippen LogP contribution in [0.2, 0.25) is 0 Å². The maximum atomic E-state index is 11.7. The van der Waals surface area contributed by atoms with Crippen molar-refractivity contribution in [3.05, 3.63) is 12.2 Å². The number of hydrogen-bond donors (Lipinski definition) is 1. The van der Waals surface area contributed by atoms with E-state index in [0.29, 0.717) is 6.08 Å². The SMILES string of the molecule is CC(C)C(C)(C)C(=O)OCCOC(=O)/C=C/C(=O)O. The zero-order valence-electron chi connectivity index (χ0n) is 11.6. The second kappa shape index (κ2) is 7.56. The average Bonchev–Trinajstić information content (AvgIpc) is 2.31. The molecule has 0 aliphatic heterocycles. The Bertz CT molecular complexity index is 367. The Balaban J connectivity index is 3.97. The van der Waals surface area contributed by atoms with Crippen LogP contribution in [0.4, 0.5) is 0 Å². The molecule has 19 heavy (non-hydrogen) atoms. The van der Waals surface area contributed by atoms with Crippen LogP contribution in [-0.4, -0.2) is 36.2 Å². The Morgan fingerprint density at radius 2 is 1.63 bits per heavy atom. The first kappa shape index (κ1) is 17.2. The molecule has 0 radical (unpaired) electrons. The maximum Gasteiger partial charge on any atom is 0.331 e. The number of rotatable bonds is 7. The van der Waals surface area contributed by atoms with Crippen molar-refractivity contribution >= 4 is 17.9 Å². The summed E-state index contributed by atoms with van der Waals surface area (Å²) in [6.07, 6.45) is 1.47. The van der Waals surface area contributed by atoms with Crippen LogP contribution in [0.5, 0.6) is 0 Å². The van der Waals surface area contributed by atoms with Gasteiger partial charge in [0.05, 0.1) is 5.41 Å². The van der Waals surface area contributed by atoms with E-state index in [-0.39, 0.29) is 25.1 Å². The molecule has 0 spiro atoms. The minimum atomic E-state index is -1.23. The molecule has 6 nitrogen and oxygen atoms in total. The summed E-state index contributed by atoms with van der Waals surface area (Å²) in [6.45, 7) is 7.23. The monoisotopic (exact) mass is 272 g/mol. The molecule has 0 rings (SSSR count). The van der Waals surface area contributed by atoms with E-state index in [0.717, 1.165) is 6.08 Å². The van der Waals surface area contributed by atoms with Crippen molar-refractivity contribution < 1.29 is 29.0 Å². The summed E-state index contributed by atoms with van der Waals surface area (Å²) in [5, 5.41) is 8.28. The highest BCUT2D eigenvalue weighted by molar-refractivity contribution is 5.90. The molecule has 0 aromatic rings. The second-order valence-electron chi connectivity index (χ2n) is 4.85. The maximum absolute atomic E-state index is 11.7. The fourth-order valence-corrected chi connectivity index (χ4v) is 0.886. The molecule has 6 heteroatoms. The molecule has 0 heterocycles. The molecule has 0 fully saturated rings. The lowest BCUT2D eigenvalue weighted by molar-refractivity contribution is -0.160. The summed E-state index contributed by atoms with van der Waals surface area (Å²) in [5.41, 5.74) is -0.604. The van der Waals surface area contributed by atoms with Crippen LogP contribution in [0.25, 0.3) is 0 Å². The number of carboxylic acids is 1. The van der Waals surface area contributed by atoms with Crippen LogP contribution in [0, 0.1) is 11.3 Å². The van der Waals surface area contributed by atoms with Gasteiger partial charge in [0.25, 0.3) is 0 Å². The summed E-state index contributed by atoms with van der Waals surface area (Å²) in [4.78, 5) is 32.8. The lowest BCUT2D eigenvalue weighted by atomic mass is 9.81. The van der Waals surface area contributed by atoms with Gasteiger partial charge in [-0.05, 0) is 19.8 Å². The lowest BCUT2D eigenvalue weighted by Gasteiger charge is -2.26. The number of ether oxygens (including phenoxy) is 2. The van der Waals surface area contributed by atoms with Gasteiger partial charge in [-0.2, -0.15) is 0 Å². The quantitative estimate of drug-likeness (QED) is 0.428. The summed E-state index contributed by atoms with van der Waals surface area (Å²) in [5.74, 6) is -2.26. The zero-order valence-corrected chi connectivity index (χ0v) is 11.6. The molecular weight excluding hydrogens is 252 g/mol. The minimum Gasteiger partial charge on any atom is -0.478 e. The number of carbonyl (C=O) groups is 3. The summed E-state index contributed by atoms with van der Waals surface area (Å²) in [6, 6.07) is 0. The van der Waals surface area contributed by atoms with Gasteiger partial charge in [-0.1, -0.05) is 13.8 Å². The van der Waals surface area contributed by atoms with E-state index < -0.39 is 17.4 Å². The number of hydrogen-bond acceptors (Lipinski definition) is 5. The van der Waals surface area contributed by atoms with Crippen molar-refractivity contribution in [2.45, 2.75) is 27.7 Å². The summed E-state index contributed by atoms with van der Waals surface area (Å²) >= 11 is 0. The summed E-state index contributed by atoms with van der Waals surface area (Å²) < 4.78 is 9.64. The lowest BCUT2D eigenvalue weighted by Crippen LogP contribution is -2.32. The molecular formula is C13H20O6. The van der Waals surface area contributed by atoms with Crippen LogP contribution >= 0.6 is 0 Å². The molecule has 0 saturated heterocycles. The Kier molecular flexibility index (Phi) is 6.82. The van der Waals surface area contributed by atoms with E-state index in [2.05, 4.69) is 4.74 Å². The van der Waals surface area contributed by atoms with Gasteiger partial charge in [0, 0.05) is 12.2 Å². The van der Waals surface area contributed by atoms with Gasteiger partial charge in [0.1, 0.15) is 13.2 Å². The Hall–Kier alpha value is -1.85. The topological polar surface area (TPSA) is 89.9 Å². The van der Waals surface area contributed by atoms with Gasteiger partial charge in [-0.15, -0.1) is 0 Å². The second-order valence-corrected chi connectivity index (χ2v) is 4.85. The van der Waals surface area contributed by atoms with E-state index in [4.69, 9.17) is 9.84 Å². The molecule has 0 bridgehead atoms. The van der Waals surface area contributed by atoms with Crippen LogP contribution < -0.4 is 0 Å². The van der Waals surface area contributed by atoms with Crippen molar-refractivity contribution in [3.8, 4) is 0 Å². The van der Waals surface area contributed by atoms with Crippen LogP contribution in [0.1, 0.15) is 27.7 Å². The molecule has 0 amide bonds. The van der Waals surface area contributed by atoms with Gasteiger partial charge in [-0.25, -0.2) is 9.59 Å². The first-order valence-corrected chi connectivity index (χ1v) is 5.93. The third-order valence-corrected chi connectivity index (χ3v) is 2.89. The number of carbonyl (C=O) groups excluding carboxylic acids is 2. The number of aliphatic carboxylic acids is 1. The van der Waals surface area contributed by atoms with E-state index in [1.165, 1.54) is 0 Å². The van der Waals surface area contributed by atoms with Gasteiger partial charge in [0.2, 0.25) is 0 Å². The predicted molar refractivity (Wildman–Crippen MR) is 67.3 cm³/mol. The highest BCUT2D eigenvalue weighted by Crippen LogP contribution is 2.27. The van der Waals surface area contributed by atoms with Crippen molar-refractivity contribution in [1.29, 1.82) is 0 Å². The largest absolute Gasteiger partial charge is 0.478 e. The third kappa shape index (κ3) is 6.59. The Morgan fingerprint density at radius 3 is 2.11 bits per heavy atom. The van der Waals surface area contributed by atoms with Crippen molar-refractivity contribution in [2.75, 3.05) is 13.2 Å². The van der Waals surface area contributed by atoms with Crippen LogP contribution in [-0.2, 0) is 23.9 Å². The summed E-state index contributed by atoms with van der Waals surface area (Å²) in [7, 11) is 0. The fraction of sp³-hybridized carbons (Fsp3) is 0.615. The van der Waals surface area contributed by atoms with Crippen LogP contribution in [0.3, 0.4) is 0 Å². The highest BCUT2D eigenvalue weighted by atomic mass is 16.6. The smallest absolute Gasteiger partial charge is 0.331 e. The molecule has 0 aliphatic rings. The van der Waals surface area contributed by atoms with E-state index in [9.17, 15) is 14.4 Å². The normalized spacial score (nSPS) is 11.6. The highest BCUT2D eigenvalue weighted by Gasteiger charge is 2.32. The van der Waals surface area contributed by atoms with Gasteiger partial charge in [0.15, 0.2) is 0 Å². The van der Waals surface area contributed by atoms with E-state index in [1.54, 1.807) is 13.8 Å². The van der Waals surface area contributed by atoms with Crippen LogP contribution in [0.15, 0.2) is 12.2 Å². The molecule has 0 aliphatic carbocycles. The third-order valence-electron chi connectivity index (χ3n) is 2.89. The fourth-order valence-electron chi connectivity index (χ4n) is 0.886. The number of esters is 2. The Labute approximate surface area is 112 Å². The van der Waals surface area contributed by atoms with Crippen molar-refractivity contribution in [1.82, 2.24) is 0 Å². The van der Waals surface area contributed by atoms with E-state index >= 15 is 0 Å².